The number of anilines is 7. The number of aromatic nitrogens is 19. The molecule has 5 fully saturated rings. The minimum atomic E-state index is -4.01. The van der Waals surface area contributed by atoms with Crippen LogP contribution in [0.4, 0.5) is 41.2 Å². The van der Waals surface area contributed by atoms with Gasteiger partial charge in [-0.15, -0.1) is 20.4 Å². The Bertz CT molecular complexity index is 7380. The molecule has 0 amide bonds. The van der Waals surface area contributed by atoms with E-state index >= 15 is 0 Å². The van der Waals surface area contributed by atoms with Crippen molar-refractivity contribution in [2.24, 2.45) is 11.8 Å². The van der Waals surface area contributed by atoms with Gasteiger partial charge in [-0.25, -0.2) is 56.6 Å². The molecule has 144 heavy (non-hydrogen) atoms. The fourth-order valence-corrected chi connectivity index (χ4v) is 23.2. The van der Waals surface area contributed by atoms with E-state index < -0.39 is 181 Å². The number of aromatic amines is 2. The molecule has 10 aromatic heterocycles. The second kappa shape index (κ2) is 41.7. The van der Waals surface area contributed by atoms with Crippen LogP contribution in [0.5, 0.6) is 11.5 Å². The molecule has 2 aromatic carbocycles. The minimum absolute atomic E-state index is 0.00389. The smallest absolute Gasteiger partial charge is 0.379 e. The molecule has 19 atom stereocenters. The van der Waals surface area contributed by atoms with Gasteiger partial charge in [0.25, 0.3) is 11.1 Å². The number of Topliss-reactive ketones (excluding diaryl/α,β-unsaturated/α-hetero) is 2. The number of alkyl halides is 10. The van der Waals surface area contributed by atoms with Crippen molar-refractivity contribution in [2.45, 2.75) is 137 Å². The zero-order valence-corrected chi connectivity index (χ0v) is 85.0. The van der Waals surface area contributed by atoms with E-state index in [1.165, 1.54) is 37.1 Å². The Labute approximate surface area is 864 Å². The lowest BCUT2D eigenvalue weighted by molar-refractivity contribution is -0.120. The molecule has 12 aromatic rings. The van der Waals surface area contributed by atoms with Crippen LogP contribution in [0.1, 0.15) is 56.2 Å². The van der Waals surface area contributed by atoms with Gasteiger partial charge in [0.1, 0.15) is 149 Å². The summed E-state index contributed by atoms with van der Waals surface area (Å²) >= 11 is 57.4. The lowest BCUT2D eigenvalue weighted by atomic mass is 9.95. The fourth-order valence-electron chi connectivity index (χ4n) is 15.3. The SMILES string of the molecule is CC(=O)[C@H](C)CP(=O)(OC[C@H]1O[C@@](C#N)(c2cnc3c(=O)[nH]c(N)nn23)C(Cl)(Cl)[C@H]1O)Oc1ccccc1.CC(=O)[C@H](C)CP(=O)(OC[C@H]1O[C@@](C#N)(c2cnc3c(N)nc(N)nn23)C(Cl)(Cl)[C@H]1O)Oc1ccccc1.N#C[C@@]1(c2ccc3c(N)ncnn23)O[C@H](CO)[C@H](O)C1(Br)Br.N#C[C@@]1(c2cnc3c(=O)[nH]c(N)nn23)O[C@H](CO)[C@H](O)C1(Cl)Cl.N#C[C@@]1(c2cnc3c(N)nc(N)nn23)O[C@H](CO)[C@H](O)C1(Cl)Cl. The number of aliphatic hydroxyl groups excluding tert-OH is 8. The van der Waals surface area contributed by atoms with Crippen molar-refractivity contribution >= 4 is 221 Å². The monoisotopic (exact) mass is 2320 g/mol. The molecule has 2 unspecified atom stereocenters. The third-order valence-corrected chi connectivity index (χ3v) is 33.1. The molecule has 66 heteroatoms. The van der Waals surface area contributed by atoms with E-state index in [4.69, 9.17) is 175 Å². The predicted molar refractivity (Wildman–Crippen MR) is 514 cm³/mol. The number of nitrogens with zero attached hydrogens (tertiary/aromatic N) is 22. The average molecular weight is 2320 g/mol. The van der Waals surface area contributed by atoms with Gasteiger partial charge in [-0.05, 0) is 50.2 Å². The summed E-state index contributed by atoms with van der Waals surface area (Å²) in [5, 5.41) is 150. The van der Waals surface area contributed by atoms with E-state index in [9.17, 15) is 95.5 Å². The van der Waals surface area contributed by atoms with E-state index in [2.05, 4.69) is 108 Å². The summed E-state index contributed by atoms with van der Waals surface area (Å²) in [7, 11) is -7.99. The molecule has 5 saturated heterocycles. The number of nitrogens with two attached hydrogens (primary N) is 7. The van der Waals surface area contributed by atoms with Crippen molar-refractivity contribution in [3.63, 3.8) is 0 Å². The minimum Gasteiger partial charge on any atom is -0.424 e. The van der Waals surface area contributed by atoms with Gasteiger partial charge in [-0.2, -0.15) is 41.4 Å². The number of nitrogens with one attached hydrogen (secondary N) is 2. The summed E-state index contributed by atoms with van der Waals surface area (Å²) in [6.07, 6.45) is -8.49. The number of benzene rings is 2. The lowest BCUT2D eigenvalue weighted by Gasteiger charge is -2.31. The number of carbonyl (C=O) groups excluding carboxylic acids is 2. The number of hydrogen-bond donors (Lipinski definition) is 17. The molecule has 764 valence electrons. The Morgan fingerprint density at radius 1 is 0.451 bits per heavy atom. The molecule has 0 radical (unpaired) electrons. The Hall–Kier alpha value is -11.0. The van der Waals surface area contributed by atoms with Crippen LogP contribution in [-0.4, -0.2) is 272 Å². The van der Waals surface area contributed by atoms with Gasteiger partial charge in [0.15, 0.2) is 49.3 Å². The van der Waals surface area contributed by atoms with Crippen LogP contribution in [0.3, 0.4) is 0 Å². The number of H-pyrrole nitrogens is 2. The number of imidazole rings is 4. The second-order valence-corrected chi connectivity index (χ2v) is 45.4. The standard InChI is InChI=1S/C22H24Cl2N7O6P.C22H23Cl2N6O7P.C12H11Br2N5O3.C11H11Cl2N7O3.C11H10Cl2N6O4/c1-12(13(2)32)10-38(34,37-14-6-4-3-5-7-14)35-9-15-17(33)22(23,24)21(11-25,36-15)16-8-28-19-18(26)29-20(27)30-31(16)19;1-12(13(2)31)10-38(34,37-14-6-4-3-5-7-14)35-9-15-17(32)22(23,24)21(11-25,36-15)16-8-27-18-19(33)28-20(26)29-30(16)18;13-12(14)9(21)7(3-20)22-11(12,4-15)8-2-1-6-10(16)17-5-18-19(6)8;12-11(13)6(22)4(2-21)23-10(11,3-14)5-1-17-8-7(15)18-9(16)19-20(5)8;12-11(13)6(21)4(2-20)23-10(11,3-14)5-1-16-7-8(22)17-9(15)18-19(5)7/h3-8,12,15,17,33H,9-10H2,1-2H3,(H4,26,27,29,30);3-8,12,15,17,32H,9-10H2,1-2H3,(H3,26,28,29,33);1-2,5,7,9,20-21H,3H2,(H2,16,17,18);1,4,6,21-22H,2H2,(H4,15,16,18,19);1,4,6,20-21H,2H2,(H3,15,17,18,22)/t2*12-,15-,17+,21+,38?;7-,9+,11+;2*4-,6+,10+/m11111/s1. The maximum Gasteiger partial charge on any atom is 0.379 e. The predicted octanol–water partition coefficient (Wildman–Crippen LogP) is 2.47. The maximum absolute atomic E-state index is 13.7. The van der Waals surface area contributed by atoms with Gasteiger partial charge in [-0.3, -0.25) is 38.2 Å². The third kappa shape index (κ3) is 19.3. The molecule has 54 nitrogen and oxygen atoms in total. The lowest BCUT2D eigenvalue weighted by Crippen LogP contribution is -2.46. The summed E-state index contributed by atoms with van der Waals surface area (Å²) in [6.45, 7) is 3.05. The van der Waals surface area contributed by atoms with E-state index in [-0.39, 0.29) is 122 Å². The average Bonchev–Trinajstić information content (AvgIpc) is 1.56. The topological polar surface area (TPSA) is 857 Å². The van der Waals surface area contributed by atoms with Crippen LogP contribution in [0.2, 0.25) is 0 Å². The third-order valence-electron chi connectivity index (χ3n) is 23.0. The van der Waals surface area contributed by atoms with E-state index in [1.54, 1.807) is 92.7 Å². The van der Waals surface area contributed by atoms with Crippen molar-refractivity contribution in [2.75, 3.05) is 85.5 Å². The highest BCUT2D eigenvalue weighted by atomic mass is 79.9. The summed E-state index contributed by atoms with van der Waals surface area (Å²) in [6, 6.07) is 29.1. The number of rotatable bonds is 24. The first-order chi connectivity index (χ1) is 67.6. The maximum atomic E-state index is 13.7. The Balaban J connectivity index is 0.000000154. The molecule has 17 rings (SSSR count). The molecule has 0 saturated carbocycles. The van der Waals surface area contributed by atoms with Crippen molar-refractivity contribution < 1.29 is 101 Å². The van der Waals surface area contributed by atoms with Crippen LogP contribution in [0.25, 0.3) is 28.1 Å². The highest BCUT2D eigenvalue weighted by Gasteiger charge is 2.73. The number of fused-ring (bicyclic) bond motifs is 5. The van der Waals surface area contributed by atoms with Crippen LogP contribution in [-0.2, 0) is 79.5 Å². The van der Waals surface area contributed by atoms with Crippen molar-refractivity contribution in [3.8, 4) is 41.8 Å². The number of hydrogen-bond acceptors (Lipinski definition) is 47. The summed E-state index contributed by atoms with van der Waals surface area (Å²) in [4.78, 5) is 79.6. The van der Waals surface area contributed by atoms with Crippen molar-refractivity contribution in [3.05, 3.63) is 153 Å². The van der Waals surface area contributed by atoms with E-state index in [0.29, 0.717) is 11.2 Å². The van der Waals surface area contributed by atoms with E-state index in [0.717, 1.165) is 30.5 Å². The van der Waals surface area contributed by atoms with Gasteiger partial charge < -0.3 is 114 Å². The van der Waals surface area contributed by atoms with Gasteiger partial charge in [0.2, 0.25) is 63.1 Å². The van der Waals surface area contributed by atoms with Crippen LogP contribution in [0, 0.1) is 68.5 Å². The highest BCUT2D eigenvalue weighted by molar-refractivity contribution is 9.25. The number of aliphatic hydroxyl groups is 8. The first-order valence-corrected chi connectivity index (χ1v) is 49.3. The largest absolute Gasteiger partial charge is 0.424 e. The molecule has 5 aliphatic rings. The Kier molecular flexibility index (Phi) is 31.9. The second-order valence-electron chi connectivity index (χ2n) is 32.2. The van der Waals surface area contributed by atoms with Gasteiger partial charge >= 0.3 is 15.2 Å². The summed E-state index contributed by atoms with van der Waals surface area (Å²) in [5.74, 6) is -2.09. The number of carbonyl (C=O) groups is 2. The van der Waals surface area contributed by atoms with Crippen LogP contribution in [0.15, 0.2) is 114 Å². The molecular weight excluding hydrogens is 2240 g/mol. The molecule has 5 aliphatic heterocycles. The van der Waals surface area contributed by atoms with Crippen molar-refractivity contribution in [1.29, 1.82) is 26.3 Å². The van der Waals surface area contributed by atoms with Crippen molar-refractivity contribution in [1.82, 2.24) is 92.9 Å². The van der Waals surface area contributed by atoms with E-state index in [1.807, 2.05) is 18.2 Å². The quantitative estimate of drug-likeness (QED) is 0.0305. The molecular formula is C78H79Br2Cl8N31O23P2. The van der Waals surface area contributed by atoms with Crippen LogP contribution >= 0.6 is 140 Å². The molecule has 0 bridgehead atoms. The molecule has 0 spiro atoms. The Morgan fingerprint density at radius 2 is 0.764 bits per heavy atom. The fraction of sp³-hybridized carbons (Fsp3) is 0.423. The number of nitriles is 5. The summed E-state index contributed by atoms with van der Waals surface area (Å²) < 4.78 is 73.7. The number of ketones is 2. The molecule has 24 N–H and O–H groups in total. The first-order valence-electron chi connectivity index (χ1n) is 41.3. The summed E-state index contributed by atoms with van der Waals surface area (Å²) in [5.41, 5.74) is 28.2. The molecule has 0 aliphatic carbocycles. The van der Waals surface area contributed by atoms with Gasteiger partial charge in [-0.1, -0.05) is 175 Å². The first kappa shape index (κ1) is 110. The number of nitrogen functional groups attached to an aromatic ring is 7. The van der Waals surface area contributed by atoms with Gasteiger partial charge in [0, 0.05) is 11.8 Å². The number of para-hydroxylation sites is 2. The highest BCUT2D eigenvalue weighted by Crippen LogP contribution is 2.62. The number of halogens is 10. The van der Waals surface area contributed by atoms with Gasteiger partial charge in [0.05, 0.1) is 75.8 Å². The normalized spacial score (nSPS) is 27.3. The zero-order valence-electron chi connectivity index (χ0n) is 73.9. The van der Waals surface area contributed by atoms with Crippen LogP contribution < -0.4 is 60.3 Å². The number of ether oxygens (including phenoxy) is 5. The molecule has 15 heterocycles. The zero-order chi connectivity index (χ0) is 106. The Morgan fingerprint density at radius 3 is 1.08 bits per heavy atom.